The van der Waals surface area contributed by atoms with Gasteiger partial charge in [0.1, 0.15) is 17.5 Å². The van der Waals surface area contributed by atoms with E-state index in [1.165, 1.54) is 0 Å². The highest BCUT2D eigenvalue weighted by molar-refractivity contribution is 5.91. The van der Waals surface area contributed by atoms with Crippen molar-refractivity contribution in [3.63, 3.8) is 0 Å². The smallest absolute Gasteiger partial charge is 0.234 e. The number of piperidine rings is 1. The normalized spacial score (nSPS) is 21.0. The van der Waals surface area contributed by atoms with Gasteiger partial charge >= 0.3 is 0 Å². The van der Waals surface area contributed by atoms with Gasteiger partial charge in [0, 0.05) is 54.8 Å². The summed E-state index contributed by atoms with van der Waals surface area (Å²) in [5.74, 6) is 2.72. The average Bonchev–Trinajstić information content (AvgIpc) is 3.30. The fourth-order valence-electron chi connectivity index (χ4n) is 4.84. The van der Waals surface area contributed by atoms with Crippen LogP contribution in [-0.4, -0.2) is 56.8 Å². The van der Waals surface area contributed by atoms with Crippen molar-refractivity contribution in [2.75, 3.05) is 24.3 Å². The van der Waals surface area contributed by atoms with Crippen LogP contribution >= 0.6 is 0 Å². The Labute approximate surface area is 194 Å². The summed E-state index contributed by atoms with van der Waals surface area (Å²) in [5.41, 5.74) is 0.870. The molecule has 0 aromatic carbocycles. The molecule has 3 aromatic heterocycles. The van der Waals surface area contributed by atoms with Crippen LogP contribution in [0.2, 0.25) is 0 Å². The standard InChI is InChI=1S/C24H32N8O/c1-4-17-12-16(13-18(5-2)32(17)11-7-9-25)27-24-19-8-6-10-26-20(19)14-21(29-24)28-22-15-23(33-3)31-30-22/h6,8,10,14-18H,4-5,7,11-13H2,1-3H3,(H3,27,28,29,30,31). The molecule has 9 nitrogen and oxygen atoms in total. The Morgan fingerprint density at radius 2 is 2.03 bits per heavy atom. The van der Waals surface area contributed by atoms with Crippen LogP contribution in [-0.2, 0) is 0 Å². The second-order valence-corrected chi connectivity index (χ2v) is 8.46. The molecule has 174 valence electrons. The van der Waals surface area contributed by atoms with Gasteiger partial charge in [-0.15, -0.1) is 5.10 Å². The van der Waals surface area contributed by atoms with Crippen LogP contribution in [0.5, 0.6) is 5.88 Å². The molecule has 0 spiro atoms. The van der Waals surface area contributed by atoms with Crippen molar-refractivity contribution in [3.8, 4) is 11.9 Å². The third kappa shape index (κ3) is 5.17. The fraction of sp³-hybridized carbons (Fsp3) is 0.500. The average molecular weight is 449 g/mol. The number of likely N-dealkylation sites (tertiary alicyclic amines) is 1. The Balaban J connectivity index is 1.59. The van der Waals surface area contributed by atoms with Crippen LogP contribution in [0.15, 0.2) is 30.5 Å². The summed E-state index contributed by atoms with van der Waals surface area (Å²) in [6.45, 7) is 5.32. The maximum atomic E-state index is 9.09. The van der Waals surface area contributed by atoms with E-state index >= 15 is 0 Å². The van der Waals surface area contributed by atoms with Crippen molar-refractivity contribution in [3.05, 3.63) is 30.5 Å². The molecule has 0 bridgehead atoms. The predicted molar refractivity (Wildman–Crippen MR) is 130 cm³/mol. The maximum Gasteiger partial charge on any atom is 0.234 e. The van der Waals surface area contributed by atoms with E-state index in [1.807, 2.05) is 12.1 Å². The van der Waals surface area contributed by atoms with Crippen molar-refractivity contribution in [1.82, 2.24) is 25.1 Å². The Kier molecular flexibility index (Phi) is 7.25. The van der Waals surface area contributed by atoms with Gasteiger partial charge in [0.15, 0.2) is 0 Å². The van der Waals surface area contributed by atoms with Crippen LogP contribution in [0.1, 0.15) is 46.0 Å². The van der Waals surface area contributed by atoms with E-state index in [0.29, 0.717) is 42.1 Å². The van der Waals surface area contributed by atoms with E-state index in [9.17, 15) is 0 Å². The number of methoxy groups -OCH3 is 1. The molecule has 3 N–H and O–H groups in total. The van der Waals surface area contributed by atoms with Crippen LogP contribution in [0.25, 0.3) is 10.9 Å². The first-order chi connectivity index (χ1) is 16.1. The third-order valence-corrected chi connectivity index (χ3v) is 6.44. The first-order valence-electron chi connectivity index (χ1n) is 11.7. The van der Waals surface area contributed by atoms with Crippen molar-refractivity contribution in [2.24, 2.45) is 0 Å². The number of nitrogens with one attached hydrogen (secondary N) is 3. The van der Waals surface area contributed by atoms with E-state index in [4.69, 9.17) is 15.0 Å². The number of aromatic amines is 1. The van der Waals surface area contributed by atoms with Crippen molar-refractivity contribution >= 4 is 28.4 Å². The van der Waals surface area contributed by atoms with E-state index < -0.39 is 0 Å². The number of hydrogen-bond acceptors (Lipinski definition) is 8. The number of ether oxygens (including phenoxy) is 1. The quantitative estimate of drug-likeness (QED) is 0.440. The zero-order valence-electron chi connectivity index (χ0n) is 19.5. The van der Waals surface area contributed by atoms with Crippen molar-refractivity contribution in [1.29, 1.82) is 5.26 Å². The van der Waals surface area contributed by atoms with Gasteiger partial charge in [-0.25, -0.2) is 4.98 Å². The minimum atomic E-state index is 0.302. The fourth-order valence-corrected chi connectivity index (χ4v) is 4.84. The molecule has 4 rings (SSSR count). The van der Waals surface area contributed by atoms with Crippen LogP contribution in [0, 0.1) is 11.3 Å². The molecule has 1 fully saturated rings. The summed E-state index contributed by atoms with van der Waals surface area (Å²) in [7, 11) is 1.58. The number of nitrogens with zero attached hydrogens (tertiary/aromatic N) is 5. The molecule has 4 heterocycles. The number of H-pyrrole nitrogens is 1. The summed E-state index contributed by atoms with van der Waals surface area (Å²) in [5, 5.41) is 24.1. The van der Waals surface area contributed by atoms with Gasteiger partial charge in [0.25, 0.3) is 0 Å². The maximum absolute atomic E-state index is 9.09. The summed E-state index contributed by atoms with van der Waals surface area (Å²) in [6, 6.07) is 11.2. The highest BCUT2D eigenvalue weighted by Gasteiger charge is 2.33. The summed E-state index contributed by atoms with van der Waals surface area (Å²) in [6.07, 6.45) is 6.56. The molecule has 3 aromatic rings. The van der Waals surface area contributed by atoms with Gasteiger partial charge in [-0.05, 0) is 37.8 Å². The lowest BCUT2D eigenvalue weighted by Crippen LogP contribution is -2.52. The SMILES string of the molecule is CCC1CC(Nc2nc(Nc3cc(OC)n[nH]3)cc3ncccc23)CC(CC)N1CCC#N. The first-order valence-corrected chi connectivity index (χ1v) is 11.7. The van der Waals surface area contributed by atoms with E-state index in [0.717, 1.165) is 48.9 Å². The van der Waals surface area contributed by atoms with Gasteiger partial charge in [-0.2, -0.15) is 5.26 Å². The molecule has 0 saturated carbocycles. The number of aromatic nitrogens is 4. The number of hydrogen-bond donors (Lipinski definition) is 3. The highest BCUT2D eigenvalue weighted by atomic mass is 16.5. The highest BCUT2D eigenvalue weighted by Crippen LogP contribution is 2.32. The molecule has 33 heavy (non-hydrogen) atoms. The molecule has 1 aliphatic heterocycles. The molecule has 1 aliphatic rings. The third-order valence-electron chi connectivity index (χ3n) is 6.44. The first kappa shape index (κ1) is 22.8. The number of nitriles is 1. The lowest BCUT2D eigenvalue weighted by Gasteiger charge is -2.45. The van der Waals surface area contributed by atoms with Crippen LogP contribution in [0.3, 0.4) is 0 Å². The molecule has 2 unspecified atom stereocenters. The predicted octanol–water partition coefficient (Wildman–Crippen LogP) is 4.45. The molecule has 9 heteroatoms. The van der Waals surface area contributed by atoms with E-state index in [1.54, 1.807) is 19.4 Å². The van der Waals surface area contributed by atoms with Crippen LogP contribution in [0.4, 0.5) is 17.5 Å². The number of fused-ring (bicyclic) bond motifs is 1. The molecule has 1 saturated heterocycles. The Morgan fingerprint density at radius 3 is 2.70 bits per heavy atom. The molecule has 0 radical (unpaired) electrons. The number of pyridine rings is 2. The Bertz CT molecular complexity index is 1090. The molecular weight excluding hydrogens is 416 g/mol. The molecular formula is C24H32N8O. The lowest BCUT2D eigenvalue weighted by molar-refractivity contribution is 0.0735. The summed E-state index contributed by atoms with van der Waals surface area (Å²) >= 11 is 0. The Hall–Kier alpha value is -3.38. The van der Waals surface area contributed by atoms with Gasteiger partial charge in [-0.1, -0.05) is 13.8 Å². The van der Waals surface area contributed by atoms with Crippen molar-refractivity contribution in [2.45, 2.75) is 64.1 Å². The largest absolute Gasteiger partial charge is 0.480 e. The van der Waals surface area contributed by atoms with Crippen LogP contribution < -0.4 is 15.4 Å². The van der Waals surface area contributed by atoms with Gasteiger partial charge in [-0.3, -0.25) is 15.0 Å². The van der Waals surface area contributed by atoms with Gasteiger partial charge in [0.2, 0.25) is 5.88 Å². The topological polar surface area (TPSA) is 115 Å². The summed E-state index contributed by atoms with van der Waals surface area (Å²) in [4.78, 5) is 12.0. The zero-order chi connectivity index (χ0) is 23.2. The molecule has 2 atom stereocenters. The van der Waals surface area contributed by atoms with Crippen molar-refractivity contribution < 1.29 is 4.74 Å². The molecule has 0 aliphatic carbocycles. The molecule has 0 amide bonds. The van der Waals surface area contributed by atoms with Gasteiger partial charge < -0.3 is 15.4 Å². The van der Waals surface area contributed by atoms with E-state index in [2.05, 4.69) is 56.7 Å². The van der Waals surface area contributed by atoms with Gasteiger partial charge in [0.05, 0.1) is 18.7 Å². The lowest BCUT2D eigenvalue weighted by atomic mass is 9.88. The summed E-state index contributed by atoms with van der Waals surface area (Å²) < 4.78 is 5.15. The minimum absolute atomic E-state index is 0.302. The van der Waals surface area contributed by atoms with E-state index in [-0.39, 0.29) is 0 Å². The monoisotopic (exact) mass is 448 g/mol. The number of anilines is 3. The second kappa shape index (κ2) is 10.5. The zero-order valence-corrected chi connectivity index (χ0v) is 19.5. The minimum Gasteiger partial charge on any atom is -0.480 e. The Morgan fingerprint density at radius 1 is 1.24 bits per heavy atom. The number of rotatable bonds is 9. The second-order valence-electron chi connectivity index (χ2n) is 8.46.